The van der Waals surface area contributed by atoms with E-state index in [1.165, 1.54) is 0 Å². The first-order valence-corrected chi connectivity index (χ1v) is 6.83. The minimum absolute atomic E-state index is 0.136. The molecule has 0 amide bonds. The molecule has 1 rings (SSSR count). The third-order valence-corrected chi connectivity index (χ3v) is 3.10. The first kappa shape index (κ1) is 15.0. The molecule has 3 nitrogen and oxygen atoms in total. The molecule has 0 aliphatic rings. The third kappa shape index (κ3) is 4.31. The van der Waals surface area contributed by atoms with E-state index in [4.69, 9.17) is 10.5 Å². The van der Waals surface area contributed by atoms with Crippen molar-refractivity contribution in [3.8, 4) is 5.75 Å². The molecule has 0 spiro atoms. The van der Waals surface area contributed by atoms with E-state index in [0.29, 0.717) is 6.54 Å². The van der Waals surface area contributed by atoms with Crippen molar-refractivity contribution in [2.45, 2.75) is 39.2 Å². The second kappa shape index (κ2) is 8.11. The van der Waals surface area contributed by atoms with Gasteiger partial charge >= 0.3 is 0 Å². The summed E-state index contributed by atoms with van der Waals surface area (Å²) in [4.78, 5) is 0. The van der Waals surface area contributed by atoms with Gasteiger partial charge in [0.15, 0.2) is 0 Å². The van der Waals surface area contributed by atoms with E-state index in [0.717, 1.165) is 37.2 Å². The van der Waals surface area contributed by atoms with Gasteiger partial charge in [0.1, 0.15) is 5.75 Å². The molecule has 2 atom stereocenters. The van der Waals surface area contributed by atoms with Gasteiger partial charge in [-0.15, -0.1) is 0 Å². The molecular weight excluding hydrogens is 226 g/mol. The molecular formula is C15H25NO2. The summed E-state index contributed by atoms with van der Waals surface area (Å²) in [5.41, 5.74) is 6.63. The van der Waals surface area contributed by atoms with E-state index in [1.807, 2.05) is 24.3 Å². The van der Waals surface area contributed by atoms with Crippen LogP contribution in [0, 0.1) is 5.92 Å². The van der Waals surface area contributed by atoms with Crippen LogP contribution in [0.3, 0.4) is 0 Å². The molecule has 0 radical (unpaired) electrons. The van der Waals surface area contributed by atoms with Crippen LogP contribution in [0.5, 0.6) is 5.75 Å². The van der Waals surface area contributed by atoms with Crippen LogP contribution in [0.4, 0.5) is 0 Å². The van der Waals surface area contributed by atoms with Crippen molar-refractivity contribution < 1.29 is 9.84 Å². The second-order valence-corrected chi connectivity index (χ2v) is 4.65. The molecule has 0 aliphatic heterocycles. The monoisotopic (exact) mass is 251 g/mol. The van der Waals surface area contributed by atoms with Crippen molar-refractivity contribution in [3.05, 3.63) is 29.8 Å². The van der Waals surface area contributed by atoms with Gasteiger partial charge in [0.05, 0.1) is 12.7 Å². The number of nitrogens with two attached hydrogens (primary N) is 1. The second-order valence-electron chi connectivity index (χ2n) is 4.65. The van der Waals surface area contributed by atoms with Crippen LogP contribution in [-0.2, 0) is 0 Å². The highest BCUT2D eigenvalue weighted by Gasteiger charge is 2.18. The lowest BCUT2D eigenvalue weighted by Crippen LogP contribution is -2.21. The molecule has 2 unspecified atom stereocenters. The van der Waals surface area contributed by atoms with E-state index in [-0.39, 0.29) is 5.92 Å². The number of hydrogen-bond acceptors (Lipinski definition) is 3. The Balaban J connectivity index is 2.65. The molecule has 0 aliphatic carbocycles. The van der Waals surface area contributed by atoms with E-state index in [9.17, 15) is 5.11 Å². The average Bonchev–Trinajstić information content (AvgIpc) is 2.42. The lowest BCUT2D eigenvalue weighted by Gasteiger charge is -2.21. The molecule has 1 aromatic rings. The van der Waals surface area contributed by atoms with Gasteiger partial charge in [-0.1, -0.05) is 32.4 Å². The van der Waals surface area contributed by atoms with Crippen LogP contribution in [0.15, 0.2) is 24.3 Å². The summed E-state index contributed by atoms with van der Waals surface area (Å²) in [6, 6.07) is 7.67. The highest BCUT2D eigenvalue weighted by Crippen LogP contribution is 2.26. The number of benzene rings is 1. The molecule has 0 fully saturated rings. The van der Waals surface area contributed by atoms with Crippen molar-refractivity contribution in [1.29, 1.82) is 0 Å². The van der Waals surface area contributed by atoms with E-state index in [2.05, 4.69) is 13.8 Å². The summed E-state index contributed by atoms with van der Waals surface area (Å²) in [6.45, 7) is 5.43. The number of hydrogen-bond donors (Lipinski definition) is 2. The lowest BCUT2D eigenvalue weighted by atomic mass is 9.92. The van der Waals surface area contributed by atoms with E-state index in [1.54, 1.807) is 0 Å². The molecule has 0 bridgehead atoms. The first-order valence-electron chi connectivity index (χ1n) is 6.83. The average molecular weight is 251 g/mol. The predicted molar refractivity (Wildman–Crippen MR) is 74.6 cm³/mol. The zero-order valence-corrected chi connectivity index (χ0v) is 11.4. The molecule has 0 heterocycles. The Morgan fingerprint density at radius 1 is 1.17 bits per heavy atom. The Kier molecular flexibility index (Phi) is 6.76. The maximum Gasteiger partial charge on any atom is 0.119 e. The van der Waals surface area contributed by atoms with Crippen LogP contribution in [-0.4, -0.2) is 18.3 Å². The summed E-state index contributed by atoms with van der Waals surface area (Å²) in [7, 11) is 0. The van der Waals surface area contributed by atoms with Crippen molar-refractivity contribution >= 4 is 0 Å². The zero-order valence-electron chi connectivity index (χ0n) is 11.4. The van der Waals surface area contributed by atoms with E-state index >= 15 is 0 Å². The summed E-state index contributed by atoms with van der Waals surface area (Å²) in [6.07, 6.45) is 2.51. The molecule has 18 heavy (non-hydrogen) atoms. The Hall–Kier alpha value is -1.06. The standard InChI is InChI=1S/C15H25NO2/c1-3-5-13(11-16)15(17)12-6-8-14(9-7-12)18-10-4-2/h6-9,13,15,17H,3-5,10-11,16H2,1-2H3. The molecule has 3 N–H and O–H groups in total. The number of ether oxygens (including phenoxy) is 1. The minimum Gasteiger partial charge on any atom is -0.494 e. The van der Waals surface area contributed by atoms with Crippen LogP contribution in [0.25, 0.3) is 0 Å². The molecule has 3 heteroatoms. The fourth-order valence-electron chi connectivity index (χ4n) is 2.03. The maximum absolute atomic E-state index is 10.3. The quantitative estimate of drug-likeness (QED) is 0.747. The van der Waals surface area contributed by atoms with Gasteiger partial charge < -0.3 is 15.6 Å². The normalized spacial score (nSPS) is 14.2. The van der Waals surface area contributed by atoms with Gasteiger partial charge in [0, 0.05) is 5.92 Å². The zero-order chi connectivity index (χ0) is 13.4. The summed E-state index contributed by atoms with van der Waals surface area (Å²) in [5, 5.41) is 10.3. The minimum atomic E-state index is -0.477. The highest BCUT2D eigenvalue weighted by atomic mass is 16.5. The van der Waals surface area contributed by atoms with Gasteiger partial charge in [-0.3, -0.25) is 0 Å². The summed E-state index contributed by atoms with van der Waals surface area (Å²) in [5.74, 6) is 0.991. The fourth-order valence-corrected chi connectivity index (χ4v) is 2.03. The first-order chi connectivity index (χ1) is 8.72. The number of aliphatic hydroxyl groups is 1. The largest absolute Gasteiger partial charge is 0.494 e. The topological polar surface area (TPSA) is 55.5 Å². The molecule has 1 aromatic carbocycles. The Bertz CT molecular complexity index is 324. The van der Waals surface area contributed by atoms with Crippen LogP contribution < -0.4 is 10.5 Å². The van der Waals surface area contributed by atoms with Gasteiger partial charge in [-0.05, 0) is 37.1 Å². The Labute approximate surface area is 110 Å². The number of aliphatic hydroxyl groups excluding tert-OH is 1. The SMILES string of the molecule is CCCOc1ccc(C(O)C(CN)CCC)cc1. The van der Waals surface area contributed by atoms with E-state index < -0.39 is 6.10 Å². The van der Waals surface area contributed by atoms with Crippen LogP contribution >= 0.6 is 0 Å². The molecule has 0 saturated carbocycles. The summed E-state index contributed by atoms with van der Waals surface area (Å²) < 4.78 is 5.52. The van der Waals surface area contributed by atoms with Crippen molar-refractivity contribution in [3.63, 3.8) is 0 Å². The van der Waals surface area contributed by atoms with Gasteiger partial charge in [-0.2, -0.15) is 0 Å². The summed E-state index contributed by atoms with van der Waals surface area (Å²) >= 11 is 0. The van der Waals surface area contributed by atoms with Crippen molar-refractivity contribution in [1.82, 2.24) is 0 Å². The van der Waals surface area contributed by atoms with Crippen molar-refractivity contribution in [2.24, 2.45) is 11.7 Å². The Morgan fingerprint density at radius 3 is 2.33 bits per heavy atom. The highest BCUT2D eigenvalue weighted by molar-refractivity contribution is 5.28. The van der Waals surface area contributed by atoms with Crippen molar-refractivity contribution in [2.75, 3.05) is 13.2 Å². The van der Waals surface area contributed by atoms with Gasteiger partial charge in [0.2, 0.25) is 0 Å². The van der Waals surface area contributed by atoms with Gasteiger partial charge in [0.25, 0.3) is 0 Å². The van der Waals surface area contributed by atoms with Gasteiger partial charge in [-0.25, -0.2) is 0 Å². The predicted octanol–water partition coefficient (Wildman–Crippen LogP) is 2.88. The van der Waals surface area contributed by atoms with Crippen LogP contribution in [0.2, 0.25) is 0 Å². The smallest absolute Gasteiger partial charge is 0.119 e. The maximum atomic E-state index is 10.3. The molecule has 102 valence electrons. The fraction of sp³-hybridized carbons (Fsp3) is 0.600. The molecule has 0 aromatic heterocycles. The third-order valence-electron chi connectivity index (χ3n) is 3.10. The van der Waals surface area contributed by atoms with Crippen LogP contribution in [0.1, 0.15) is 44.8 Å². The number of rotatable bonds is 8. The molecule has 0 saturated heterocycles. The lowest BCUT2D eigenvalue weighted by molar-refractivity contribution is 0.106. The Morgan fingerprint density at radius 2 is 1.83 bits per heavy atom.